The maximum absolute atomic E-state index is 12.2. The highest BCUT2D eigenvalue weighted by molar-refractivity contribution is 7.99. The van der Waals surface area contributed by atoms with Crippen molar-refractivity contribution in [3.8, 4) is 0 Å². The van der Waals surface area contributed by atoms with Crippen molar-refractivity contribution in [1.29, 1.82) is 0 Å². The Balaban J connectivity index is 1.56. The second kappa shape index (κ2) is 9.48. The van der Waals surface area contributed by atoms with Gasteiger partial charge in [0.1, 0.15) is 0 Å². The zero-order valence-corrected chi connectivity index (χ0v) is 16.5. The van der Waals surface area contributed by atoms with E-state index < -0.39 is 0 Å². The van der Waals surface area contributed by atoms with E-state index in [9.17, 15) is 9.59 Å². The number of nitrogens with one attached hydrogen (secondary N) is 2. The molecule has 0 atom stereocenters. The van der Waals surface area contributed by atoms with Gasteiger partial charge in [-0.3, -0.25) is 9.36 Å². The molecule has 1 aromatic heterocycles. The molecule has 0 aliphatic carbocycles. The van der Waals surface area contributed by atoms with Gasteiger partial charge in [-0.05, 0) is 42.5 Å². The van der Waals surface area contributed by atoms with Gasteiger partial charge in [0, 0.05) is 17.1 Å². The molecule has 6 nitrogen and oxygen atoms in total. The fourth-order valence-corrected chi connectivity index (χ4v) is 3.68. The van der Waals surface area contributed by atoms with Gasteiger partial charge in [0.05, 0.1) is 5.75 Å². The summed E-state index contributed by atoms with van der Waals surface area (Å²) < 4.78 is 1.57. The van der Waals surface area contributed by atoms with Crippen LogP contribution in [-0.2, 0) is 17.8 Å². The van der Waals surface area contributed by atoms with Crippen molar-refractivity contribution in [3.63, 3.8) is 0 Å². The van der Waals surface area contributed by atoms with Crippen LogP contribution in [0.2, 0.25) is 0 Å². The van der Waals surface area contributed by atoms with Crippen LogP contribution in [-0.4, -0.2) is 32.7 Å². The molecular formula is C19H20N4O2S2. The number of hydrogen-bond donors (Lipinski definition) is 2. The van der Waals surface area contributed by atoms with E-state index in [0.717, 1.165) is 22.6 Å². The molecule has 0 radical (unpaired) electrons. The molecule has 3 rings (SSSR count). The molecule has 0 unspecified atom stereocenters. The molecule has 0 fully saturated rings. The lowest BCUT2D eigenvalue weighted by atomic mass is 10.1. The van der Waals surface area contributed by atoms with E-state index in [-0.39, 0.29) is 17.3 Å². The lowest BCUT2D eigenvalue weighted by Crippen LogP contribution is -2.20. The molecule has 0 saturated carbocycles. The van der Waals surface area contributed by atoms with Crippen molar-refractivity contribution in [2.45, 2.75) is 23.0 Å². The summed E-state index contributed by atoms with van der Waals surface area (Å²) in [6.07, 6.45) is 2.73. The molecule has 2 aromatic carbocycles. The second-order valence-electron chi connectivity index (χ2n) is 5.76. The topological polar surface area (TPSA) is 79.8 Å². The van der Waals surface area contributed by atoms with Gasteiger partial charge in [-0.15, -0.1) is 16.9 Å². The summed E-state index contributed by atoms with van der Waals surface area (Å²) in [7, 11) is 0. The number of H-pyrrole nitrogens is 1. The van der Waals surface area contributed by atoms with Crippen LogP contribution >= 0.6 is 23.5 Å². The van der Waals surface area contributed by atoms with Gasteiger partial charge >= 0.3 is 5.69 Å². The molecule has 0 aliphatic rings. The van der Waals surface area contributed by atoms with Gasteiger partial charge < -0.3 is 5.32 Å². The predicted octanol–water partition coefficient (Wildman–Crippen LogP) is 3.27. The number of carbonyl (C=O) groups is 1. The Bertz CT molecular complexity index is 936. The number of anilines is 1. The second-order valence-corrected chi connectivity index (χ2v) is 7.59. The zero-order valence-electron chi connectivity index (χ0n) is 14.8. The Hall–Kier alpha value is -2.45. The van der Waals surface area contributed by atoms with E-state index in [0.29, 0.717) is 11.7 Å². The Kier molecular flexibility index (Phi) is 6.78. The fraction of sp³-hybridized carbons (Fsp3) is 0.211. The Morgan fingerprint density at radius 3 is 2.59 bits per heavy atom. The Morgan fingerprint density at radius 1 is 1.15 bits per heavy atom. The van der Waals surface area contributed by atoms with Crippen LogP contribution in [0, 0.1) is 0 Å². The van der Waals surface area contributed by atoms with Crippen molar-refractivity contribution in [1.82, 2.24) is 14.8 Å². The van der Waals surface area contributed by atoms with Crippen molar-refractivity contribution in [2.75, 3.05) is 17.3 Å². The van der Waals surface area contributed by atoms with E-state index in [1.807, 2.05) is 60.9 Å². The normalized spacial score (nSPS) is 10.7. The van der Waals surface area contributed by atoms with Crippen LogP contribution in [0.5, 0.6) is 0 Å². The molecule has 140 valence electrons. The molecule has 0 aliphatic heterocycles. The first-order chi connectivity index (χ1) is 13.2. The molecule has 1 heterocycles. The third-order valence-electron chi connectivity index (χ3n) is 3.90. The van der Waals surface area contributed by atoms with Crippen molar-refractivity contribution in [2.24, 2.45) is 0 Å². The van der Waals surface area contributed by atoms with Crippen LogP contribution < -0.4 is 11.0 Å². The van der Waals surface area contributed by atoms with Crippen LogP contribution in [0.15, 0.2) is 69.4 Å². The lowest BCUT2D eigenvalue weighted by molar-refractivity contribution is -0.113. The number of aromatic nitrogens is 3. The van der Waals surface area contributed by atoms with Gasteiger partial charge in [-0.2, -0.15) is 0 Å². The van der Waals surface area contributed by atoms with Gasteiger partial charge in [0.2, 0.25) is 5.91 Å². The average molecular weight is 401 g/mol. The van der Waals surface area contributed by atoms with Gasteiger partial charge in [-0.1, -0.05) is 42.1 Å². The Labute approximate surface area is 165 Å². The van der Waals surface area contributed by atoms with Crippen LogP contribution in [0.3, 0.4) is 0 Å². The van der Waals surface area contributed by atoms with Crippen LogP contribution in [0.1, 0.15) is 5.56 Å². The molecule has 1 amide bonds. The van der Waals surface area contributed by atoms with E-state index in [1.54, 1.807) is 16.3 Å². The number of thioether (sulfide) groups is 2. The molecule has 0 saturated heterocycles. The first-order valence-corrected chi connectivity index (χ1v) is 10.6. The number of nitrogens with zero attached hydrogens (tertiary/aromatic N) is 2. The number of aromatic amines is 1. The highest BCUT2D eigenvalue weighted by atomic mass is 32.2. The number of aryl methyl sites for hydroxylation is 1. The van der Waals surface area contributed by atoms with E-state index >= 15 is 0 Å². The summed E-state index contributed by atoms with van der Waals surface area (Å²) in [4.78, 5) is 25.3. The van der Waals surface area contributed by atoms with Crippen molar-refractivity contribution in [3.05, 3.63) is 70.6 Å². The molecule has 0 spiro atoms. The summed E-state index contributed by atoms with van der Waals surface area (Å²) in [5.41, 5.74) is 1.64. The third-order valence-corrected chi connectivity index (χ3v) is 5.62. The molecule has 0 bridgehead atoms. The lowest BCUT2D eigenvalue weighted by Gasteiger charge is -2.07. The minimum Gasteiger partial charge on any atom is -0.325 e. The van der Waals surface area contributed by atoms with Crippen LogP contribution in [0.25, 0.3) is 0 Å². The number of benzene rings is 2. The molecule has 8 heteroatoms. The standard InChI is InChI=1S/C19H20N4O2S2/c1-26-16-9-7-15(8-10-16)20-17(24)13-27-19-22-21-18(25)23(19)12-11-14-5-3-2-4-6-14/h2-10H,11-13H2,1H3,(H,20,24)(H,21,25). The van der Waals surface area contributed by atoms with Gasteiger partial charge in [0.15, 0.2) is 5.16 Å². The summed E-state index contributed by atoms with van der Waals surface area (Å²) >= 11 is 2.89. The highest BCUT2D eigenvalue weighted by Gasteiger charge is 2.12. The molecular weight excluding hydrogens is 380 g/mol. The van der Waals surface area contributed by atoms with Crippen molar-refractivity contribution >= 4 is 35.1 Å². The maximum atomic E-state index is 12.2. The minimum atomic E-state index is -0.263. The summed E-state index contributed by atoms with van der Waals surface area (Å²) in [5, 5.41) is 9.87. The molecule has 3 aromatic rings. The third kappa shape index (κ3) is 5.51. The quantitative estimate of drug-likeness (QED) is 0.567. The maximum Gasteiger partial charge on any atom is 0.343 e. The summed E-state index contributed by atoms with van der Waals surface area (Å²) in [6, 6.07) is 17.6. The minimum absolute atomic E-state index is 0.137. The smallest absolute Gasteiger partial charge is 0.325 e. The molecule has 27 heavy (non-hydrogen) atoms. The van der Waals surface area contributed by atoms with Crippen LogP contribution in [0.4, 0.5) is 5.69 Å². The first kappa shape index (κ1) is 19.3. The number of hydrogen-bond acceptors (Lipinski definition) is 5. The predicted molar refractivity (Wildman–Crippen MR) is 111 cm³/mol. The summed E-state index contributed by atoms with van der Waals surface area (Å²) in [5.74, 6) is 0.0434. The van der Waals surface area contributed by atoms with Crippen molar-refractivity contribution < 1.29 is 4.79 Å². The average Bonchev–Trinajstić information content (AvgIpc) is 3.05. The largest absolute Gasteiger partial charge is 0.343 e. The zero-order chi connectivity index (χ0) is 19.1. The number of amides is 1. The van der Waals surface area contributed by atoms with E-state index in [1.165, 1.54) is 11.8 Å². The number of rotatable bonds is 8. The fourth-order valence-electron chi connectivity index (χ4n) is 2.50. The first-order valence-electron chi connectivity index (χ1n) is 8.41. The molecule has 2 N–H and O–H groups in total. The monoisotopic (exact) mass is 400 g/mol. The Morgan fingerprint density at radius 2 is 1.89 bits per heavy atom. The SMILES string of the molecule is CSc1ccc(NC(=O)CSc2n[nH]c(=O)n2CCc2ccccc2)cc1. The summed E-state index contributed by atoms with van der Waals surface area (Å²) in [6.45, 7) is 0.513. The highest BCUT2D eigenvalue weighted by Crippen LogP contribution is 2.18. The van der Waals surface area contributed by atoms with Gasteiger partial charge in [0.25, 0.3) is 0 Å². The van der Waals surface area contributed by atoms with E-state index in [4.69, 9.17) is 0 Å². The van der Waals surface area contributed by atoms with E-state index in [2.05, 4.69) is 15.5 Å². The number of carbonyl (C=O) groups excluding carboxylic acids is 1. The van der Waals surface area contributed by atoms with Gasteiger partial charge in [-0.25, -0.2) is 9.89 Å².